The molecule has 1 aliphatic heterocycles. The molecule has 0 unspecified atom stereocenters. The van der Waals surface area contributed by atoms with Gasteiger partial charge in [-0.25, -0.2) is 4.39 Å². The Kier molecular flexibility index (Phi) is 4.94. The Labute approximate surface area is 158 Å². The molecule has 1 aliphatic rings. The molecule has 1 saturated heterocycles. The zero-order valence-electron chi connectivity index (χ0n) is 15.5. The van der Waals surface area contributed by atoms with Gasteiger partial charge in [-0.3, -0.25) is 9.69 Å². The van der Waals surface area contributed by atoms with E-state index in [0.717, 1.165) is 42.6 Å². The number of anilines is 1. The van der Waals surface area contributed by atoms with E-state index in [4.69, 9.17) is 0 Å². The number of hydrogen-bond donors (Lipinski definition) is 2. The number of rotatable bonds is 4. The van der Waals surface area contributed by atoms with E-state index in [-0.39, 0.29) is 11.4 Å². The summed E-state index contributed by atoms with van der Waals surface area (Å²) in [6.45, 7) is 4.31. The van der Waals surface area contributed by atoms with Gasteiger partial charge in [-0.05, 0) is 61.5 Å². The minimum Gasteiger partial charge on any atom is -0.381 e. The van der Waals surface area contributed by atoms with E-state index >= 15 is 0 Å². The third-order valence-electron chi connectivity index (χ3n) is 5.32. The maximum absolute atomic E-state index is 14.3. The van der Waals surface area contributed by atoms with Gasteiger partial charge in [0.1, 0.15) is 5.82 Å². The third kappa shape index (κ3) is 3.88. The predicted molar refractivity (Wildman–Crippen MR) is 108 cm³/mol. The third-order valence-corrected chi connectivity index (χ3v) is 5.32. The molecule has 4 nitrogen and oxygen atoms in total. The standard InChI is InChI=1S/C22H24FN3O/c1-15-4-2-5-17(21(15)23)13-26-11-3-6-19(14-26)25-18-7-8-20-16(12-18)9-10-24-22(20)27/h2,4-5,7-10,12,19,25H,3,6,11,13-14H2,1H3,(H,24,27)/t19-/m1/s1. The van der Waals surface area contributed by atoms with E-state index in [2.05, 4.69) is 15.2 Å². The van der Waals surface area contributed by atoms with Crippen LogP contribution in [0.4, 0.5) is 10.1 Å². The van der Waals surface area contributed by atoms with E-state index in [1.807, 2.05) is 49.4 Å². The van der Waals surface area contributed by atoms with Crippen LogP contribution in [0.3, 0.4) is 0 Å². The quantitative estimate of drug-likeness (QED) is 0.733. The van der Waals surface area contributed by atoms with Crippen LogP contribution >= 0.6 is 0 Å². The van der Waals surface area contributed by atoms with Crippen molar-refractivity contribution in [1.82, 2.24) is 9.88 Å². The van der Waals surface area contributed by atoms with Gasteiger partial charge in [0.25, 0.3) is 5.56 Å². The number of nitrogens with one attached hydrogen (secondary N) is 2. The van der Waals surface area contributed by atoms with Crippen LogP contribution in [0.5, 0.6) is 0 Å². The summed E-state index contributed by atoms with van der Waals surface area (Å²) in [6, 6.07) is 13.7. The predicted octanol–water partition coefficient (Wildman–Crippen LogP) is 4.05. The summed E-state index contributed by atoms with van der Waals surface area (Å²) in [4.78, 5) is 16.8. The van der Waals surface area contributed by atoms with E-state index in [0.29, 0.717) is 23.5 Å². The van der Waals surface area contributed by atoms with Crippen molar-refractivity contribution < 1.29 is 4.39 Å². The molecule has 5 heteroatoms. The Balaban J connectivity index is 1.45. The second-order valence-corrected chi connectivity index (χ2v) is 7.38. The van der Waals surface area contributed by atoms with Crippen molar-refractivity contribution in [2.45, 2.75) is 32.4 Å². The van der Waals surface area contributed by atoms with Crippen LogP contribution < -0.4 is 10.9 Å². The summed E-state index contributed by atoms with van der Waals surface area (Å²) in [7, 11) is 0. The van der Waals surface area contributed by atoms with Crippen LogP contribution in [0, 0.1) is 12.7 Å². The molecule has 0 amide bonds. The number of pyridine rings is 1. The van der Waals surface area contributed by atoms with E-state index < -0.39 is 0 Å². The highest BCUT2D eigenvalue weighted by atomic mass is 19.1. The van der Waals surface area contributed by atoms with E-state index in [1.165, 1.54) is 0 Å². The summed E-state index contributed by atoms with van der Waals surface area (Å²) >= 11 is 0. The van der Waals surface area contributed by atoms with Crippen molar-refractivity contribution in [2.75, 3.05) is 18.4 Å². The Morgan fingerprint density at radius 2 is 2.15 bits per heavy atom. The average molecular weight is 365 g/mol. The zero-order chi connectivity index (χ0) is 18.8. The number of aromatic nitrogens is 1. The van der Waals surface area contributed by atoms with Gasteiger partial charge in [-0.2, -0.15) is 0 Å². The molecule has 1 atom stereocenters. The van der Waals surface area contributed by atoms with Crippen LogP contribution in [-0.2, 0) is 6.54 Å². The topological polar surface area (TPSA) is 48.1 Å². The smallest absolute Gasteiger partial charge is 0.255 e. The molecular weight excluding hydrogens is 341 g/mol. The molecule has 1 fully saturated rings. The monoisotopic (exact) mass is 365 g/mol. The lowest BCUT2D eigenvalue weighted by Gasteiger charge is -2.34. The molecule has 3 aromatic rings. The second kappa shape index (κ2) is 7.53. The largest absolute Gasteiger partial charge is 0.381 e. The summed E-state index contributed by atoms with van der Waals surface area (Å²) in [5, 5.41) is 5.21. The molecule has 0 saturated carbocycles. The van der Waals surface area contributed by atoms with Crippen molar-refractivity contribution in [3.8, 4) is 0 Å². The molecule has 1 aromatic heterocycles. The molecule has 27 heavy (non-hydrogen) atoms. The maximum atomic E-state index is 14.3. The lowest BCUT2D eigenvalue weighted by Crippen LogP contribution is -2.41. The van der Waals surface area contributed by atoms with Crippen molar-refractivity contribution >= 4 is 16.5 Å². The Morgan fingerprint density at radius 3 is 3.04 bits per heavy atom. The highest BCUT2D eigenvalue weighted by Crippen LogP contribution is 2.22. The fraction of sp³-hybridized carbons (Fsp3) is 0.318. The van der Waals surface area contributed by atoms with Gasteiger partial charge in [0.15, 0.2) is 0 Å². The summed E-state index contributed by atoms with van der Waals surface area (Å²) < 4.78 is 14.3. The molecule has 2 heterocycles. The fourth-order valence-corrected chi connectivity index (χ4v) is 3.91. The lowest BCUT2D eigenvalue weighted by molar-refractivity contribution is 0.206. The molecule has 2 aromatic carbocycles. The fourth-order valence-electron chi connectivity index (χ4n) is 3.91. The Bertz CT molecular complexity index is 1010. The number of benzene rings is 2. The molecule has 0 spiro atoms. The first-order valence-corrected chi connectivity index (χ1v) is 9.44. The highest BCUT2D eigenvalue weighted by molar-refractivity contribution is 5.84. The molecule has 0 bridgehead atoms. The first kappa shape index (κ1) is 17.7. The molecule has 0 aliphatic carbocycles. The summed E-state index contributed by atoms with van der Waals surface area (Å²) in [5.41, 5.74) is 2.41. The van der Waals surface area contributed by atoms with Gasteiger partial charge in [-0.1, -0.05) is 18.2 Å². The minimum atomic E-state index is -0.0904. The number of aromatic amines is 1. The number of likely N-dealkylation sites (tertiary alicyclic amines) is 1. The van der Waals surface area contributed by atoms with Crippen molar-refractivity contribution in [1.29, 1.82) is 0 Å². The normalized spacial score (nSPS) is 17.9. The zero-order valence-corrected chi connectivity index (χ0v) is 15.5. The SMILES string of the molecule is Cc1cccc(CN2CCC[C@@H](Nc3ccc4c(=O)[nH]ccc4c3)C2)c1F. The molecule has 0 radical (unpaired) electrons. The van der Waals surface area contributed by atoms with Crippen LogP contribution in [0.1, 0.15) is 24.0 Å². The first-order chi connectivity index (χ1) is 13.1. The van der Waals surface area contributed by atoms with Gasteiger partial charge in [0.2, 0.25) is 0 Å². The van der Waals surface area contributed by atoms with Crippen molar-refractivity contribution in [3.05, 3.63) is 76.0 Å². The van der Waals surface area contributed by atoms with Crippen molar-refractivity contribution in [2.24, 2.45) is 0 Å². The first-order valence-electron chi connectivity index (χ1n) is 9.44. The molecule has 140 valence electrons. The van der Waals surface area contributed by atoms with Crippen LogP contribution in [0.25, 0.3) is 10.8 Å². The average Bonchev–Trinajstić information content (AvgIpc) is 2.66. The Morgan fingerprint density at radius 1 is 1.26 bits per heavy atom. The number of fused-ring (bicyclic) bond motifs is 1. The lowest BCUT2D eigenvalue weighted by atomic mass is 10.0. The number of H-pyrrole nitrogens is 1. The second-order valence-electron chi connectivity index (χ2n) is 7.38. The van der Waals surface area contributed by atoms with Gasteiger partial charge < -0.3 is 10.3 Å². The molecule has 4 rings (SSSR count). The number of hydrogen-bond acceptors (Lipinski definition) is 3. The summed E-state index contributed by atoms with van der Waals surface area (Å²) in [5.74, 6) is -0.0904. The van der Waals surface area contributed by atoms with Crippen LogP contribution in [0.15, 0.2) is 53.5 Å². The number of halogens is 1. The molecular formula is C22H24FN3O. The number of aryl methyl sites for hydroxylation is 1. The van der Waals surface area contributed by atoms with Crippen LogP contribution in [-0.4, -0.2) is 29.0 Å². The van der Waals surface area contributed by atoms with E-state index in [9.17, 15) is 9.18 Å². The van der Waals surface area contributed by atoms with Gasteiger partial charge in [-0.15, -0.1) is 0 Å². The molecule has 2 N–H and O–H groups in total. The van der Waals surface area contributed by atoms with Crippen molar-refractivity contribution in [3.63, 3.8) is 0 Å². The van der Waals surface area contributed by atoms with E-state index in [1.54, 1.807) is 6.20 Å². The Hall–Kier alpha value is -2.66. The maximum Gasteiger partial charge on any atom is 0.255 e. The van der Waals surface area contributed by atoms with Crippen LogP contribution in [0.2, 0.25) is 0 Å². The number of nitrogens with zero attached hydrogens (tertiary/aromatic N) is 1. The van der Waals surface area contributed by atoms with Gasteiger partial charge >= 0.3 is 0 Å². The summed E-state index contributed by atoms with van der Waals surface area (Å²) in [6.07, 6.45) is 3.84. The number of piperidine rings is 1. The van der Waals surface area contributed by atoms with Gasteiger partial charge in [0.05, 0.1) is 0 Å². The van der Waals surface area contributed by atoms with Gasteiger partial charge in [0, 0.05) is 42.0 Å². The minimum absolute atomic E-state index is 0.0666. The highest BCUT2D eigenvalue weighted by Gasteiger charge is 2.21.